The van der Waals surface area contributed by atoms with Crippen molar-refractivity contribution >= 4 is 5.97 Å². The van der Waals surface area contributed by atoms with Crippen LogP contribution in [0, 0.1) is 0 Å². The molecule has 0 aliphatic heterocycles. The van der Waals surface area contributed by atoms with Crippen molar-refractivity contribution in [2.24, 2.45) is 0 Å². The SMILES string of the molecule is O=C(O)c1c([O-])cccc1O.[Na+]. The molecule has 0 unspecified atom stereocenters. The van der Waals surface area contributed by atoms with Crippen LogP contribution in [0.3, 0.4) is 0 Å². The summed E-state index contributed by atoms with van der Waals surface area (Å²) >= 11 is 0. The van der Waals surface area contributed by atoms with E-state index in [-0.39, 0.29) is 29.6 Å². The first kappa shape index (κ1) is 11.3. The van der Waals surface area contributed by atoms with Crippen molar-refractivity contribution in [1.29, 1.82) is 0 Å². The van der Waals surface area contributed by atoms with Gasteiger partial charge >= 0.3 is 35.5 Å². The van der Waals surface area contributed by atoms with Crippen molar-refractivity contribution in [3.8, 4) is 11.5 Å². The van der Waals surface area contributed by atoms with Crippen LogP contribution in [-0.4, -0.2) is 16.2 Å². The van der Waals surface area contributed by atoms with Gasteiger partial charge in [-0.05, 0) is 6.07 Å². The molecule has 2 N–H and O–H groups in total. The minimum atomic E-state index is -1.41. The number of carbonyl (C=O) groups is 1. The molecule has 0 atom stereocenters. The average molecular weight is 176 g/mol. The Morgan fingerprint density at radius 2 is 2.00 bits per heavy atom. The number of hydrogen-bond donors (Lipinski definition) is 2. The van der Waals surface area contributed by atoms with E-state index >= 15 is 0 Å². The van der Waals surface area contributed by atoms with Crippen molar-refractivity contribution < 1.29 is 49.7 Å². The Morgan fingerprint density at radius 3 is 2.33 bits per heavy atom. The van der Waals surface area contributed by atoms with E-state index in [0.717, 1.165) is 12.1 Å². The van der Waals surface area contributed by atoms with E-state index < -0.39 is 23.0 Å². The Kier molecular flexibility index (Phi) is 4.09. The molecule has 1 rings (SSSR count). The van der Waals surface area contributed by atoms with Crippen LogP contribution in [0.1, 0.15) is 10.4 Å². The summed E-state index contributed by atoms with van der Waals surface area (Å²) in [5.74, 6) is -2.59. The predicted molar refractivity (Wildman–Crippen MR) is 34.5 cm³/mol. The molecule has 1 aromatic carbocycles. The molecule has 1 aromatic rings. The second-order valence-electron chi connectivity index (χ2n) is 1.96. The normalized spacial score (nSPS) is 8.67. The van der Waals surface area contributed by atoms with Crippen LogP contribution in [0.5, 0.6) is 11.5 Å². The van der Waals surface area contributed by atoms with Crippen molar-refractivity contribution in [3.63, 3.8) is 0 Å². The van der Waals surface area contributed by atoms with Crippen LogP contribution in [-0.2, 0) is 0 Å². The molecule has 4 nitrogen and oxygen atoms in total. The minimum absolute atomic E-state index is 0. The first-order chi connectivity index (χ1) is 5.13. The summed E-state index contributed by atoms with van der Waals surface area (Å²) in [6, 6.07) is 3.54. The molecule has 0 saturated carbocycles. The number of phenols is 1. The molecule has 5 heteroatoms. The van der Waals surface area contributed by atoms with Crippen LogP contribution in [0.4, 0.5) is 0 Å². The van der Waals surface area contributed by atoms with Gasteiger partial charge in [-0.15, -0.1) is 0 Å². The van der Waals surface area contributed by atoms with Gasteiger partial charge in [0.25, 0.3) is 0 Å². The number of benzene rings is 1. The average Bonchev–Trinajstić information content (AvgIpc) is 1.85. The molecule has 0 saturated heterocycles. The summed E-state index contributed by atoms with van der Waals surface area (Å²) in [7, 11) is 0. The topological polar surface area (TPSA) is 80.6 Å². The van der Waals surface area contributed by atoms with Crippen LogP contribution in [0.2, 0.25) is 0 Å². The molecule has 0 aromatic heterocycles. The second kappa shape index (κ2) is 4.35. The number of rotatable bonds is 1. The maximum atomic E-state index is 10.7. The van der Waals surface area contributed by atoms with Gasteiger partial charge < -0.3 is 15.3 Å². The molecule has 12 heavy (non-hydrogen) atoms. The Labute approximate surface area is 90.8 Å². The zero-order chi connectivity index (χ0) is 8.43. The van der Waals surface area contributed by atoms with E-state index in [0.29, 0.717) is 0 Å². The summed E-state index contributed by atoms with van der Waals surface area (Å²) < 4.78 is 0. The van der Waals surface area contributed by atoms with Crippen molar-refractivity contribution in [2.45, 2.75) is 0 Å². The quantitative estimate of drug-likeness (QED) is 0.452. The smallest absolute Gasteiger partial charge is 0.872 e. The molecule has 0 bridgehead atoms. The van der Waals surface area contributed by atoms with Gasteiger partial charge in [0, 0.05) is 0 Å². The molecule has 0 spiro atoms. The molecule has 0 fully saturated rings. The fraction of sp³-hybridized carbons (Fsp3) is 0. The largest absolute Gasteiger partial charge is 1.00 e. The third-order valence-corrected chi connectivity index (χ3v) is 1.22. The van der Waals surface area contributed by atoms with Gasteiger partial charge in [-0.3, -0.25) is 0 Å². The molecule has 0 radical (unpaired) electrons. The monoisotopic (exact) mass is 176 g/mol. The van der Waals surface area contributed by atoms with Gasteiger partial charge in [-0.1, -0.05) is 17.9 Å². The molecular formula is C7H5NaO4. The standard InChI is InChI=1S/C7H6O4.Na/c8-4-2-1-3-5(9)6(4)7(10)11;/h1-3,8-9H,(H,10,11);/q;+1/p-1. The summed E-state index contributed by atoms with van der Waals surface area (Å²) in [5.41, 5.74) is -0.576. The first-order valence-electron chi connectivity index (χ1n) is 2.85. The molecule has 0 aliphatic rings. The summed E-state index contributed by atoms with van der Waals surface area (Å²) in [5, 5.41) is 28.0. The molecule has 0 heterocycles. The number of aromatic carboxylic acids is 1. The van der Waals surface area contributed by atoms with Crippen molar-refractivity contribution in [3.05, 3.63) is 23.8 Å². The predicted octanol–water partition coefficient (Wildman–Crippen LogP) is -2.83. The number of aromatic hydroxyl groups is 1. The van der Waals surface area contributed by atoms with E-state index in [1.807, 2.05) is 0 Å². The summed E-state index contributed by atoms with van der Waals surface area (Å²) in [4.78, 5) is 10.3. The van der Waals surface area contributed by atoms with E-state index in [1.54, 1.807) is 0 Å². The number of carboxylic acid groups (broad SMARTS) is 1. The zero-order valence-electron chi connectivity index (χ0n) is 6.44. The van der Waals surface area contributed by atoms with Gasteiger partial charge in [0.05, 0.1) is 5.56 Å². The maximum Gasteiger partial charge on any atom is 1.00 e. The van der Waals surface area contributed by atoms with E-state index in [1.165, 1.54) is 6.07 Å². The van der Waals surface area contributed by atoms with Crippen LogP contribution < -0.4 is 34.7 Å². The number of hydrogen-bond acceptors (Lipinski definition) is 3. The fourth-order valence-corrected chi connectivity index (χ4v) is 0.734. The van der Waals surface area contributed by atoms with Crippen LogP contribution >= 0.6 is 0 Å². The van der Waals surface area contributed by atoms with E-state index in [4.69, 9.17) is 10.2 Å². The fourth-order valence-electron chi connectivity index (χ4n) is 0.734. The molecule has 0 amide bonds. The van der Waals surface area contributed by atoms with Gasteiger partial charge in [-0.25, -0.2) is 4.79 Å². The van der Waals surface area contributed by atoms with Gasteiger partial charge in [0.1, 0.15) is 5.75 Å². The minimum Gasteiger partial charge on any atom is -0.872 e. The van der Waals surface area contributed by atoms with E-state index in [2.05, 4.69) is 0 Å². The summed E-state index contributed by atoms with van der Waals surface area (Å²) in [6.07, 6.45) is 0. The van der Waals surface area contributed by atoms with Crippen LogP contribution in [0.25, 0.3) is 0 Å². The Balaban J connectivity index is 0.00000121. The zero-order valence-corrected chi connectivity index (χ0v) is 8.44. The van der Waals surface area contributed by atoms with Crippen LogP contribution in [0.15, 0.2) is 18.2 Å². The third kappa shape index (κ3) is 2.14. The molecule has 58 valence electrons. The number of carboxylic acids is 1. The third-order valence-electron chi connectivity index (χ3n) is 1.22. The second-order valence-corrected chi connectivity index (χ2v) is 1.96. The maximum absolute atomic E-state index is 10.7. The molecular weight excluding hydrogens is 171 g/mol. The molecule has 0 aliphatic carbocycles. The Bertz CT molecular complexity index is 277. The van der Waals surface area contributed by atoms with Crippen molar-refractivity contribution in [1.82, 2.24) is 0 Å². The van der Waals surface area contributed by atoms with Crippen molar-refractivity contribution in [2.75, 3.05) is 0 Å². The van der Waals surface area contributed by atoms with E-state index in [9.17, 15) is 9.90 Å². The van der Waals surface area contributed by atoms with Gasteiger partial charge in [0.2, 0.25) is 0 Å². The van der Waals surface area contributed by atoms with Gasteiger partial charge in [-0.2, -0.15) is 0 Å². The Hall–Kier alpha value is -0.710. The van der Waals surface area contributed by atoms with Gasteiger partial charge in [0.15, 0.2) is 0 Å². The first-order valence-corrected chi connectivity index (χ1v) is 2.85. The Morgan fingerprint density at radius 1 is 1.42 bits per heavy atom. The summed E-state index contributed by atoms with van der Waals surface area (Å²) in [6.45, 7) is 0.